The van der Waals surface area contributed by atoms with Crippen LogP contribution in [0.1, 0.15) is 69.4 Å². The number of pyridine rings is 1. The summed E-state index contributed by atoms with van der Waals surface area (Å²) in [5.74, 6) is 0.639. The maximum Gasteiger partial charge on any atom is 0.411 e. The predicted octanol–water partition coefficient (Wildman–Crippen LogP) is 4.13. The number of fused-ring (bicyclic) bond motifs is 1. The van der Waals surface area contributed by atoms with Crippen molar-refractivity contribution in [2.24, 2.45) is 0 Å². The molecule has 13 heteroatoms. The van der Waals surface area contributed by atoms with Gasteiger partial charge in [-0.2, -0.15) is 4.98 Å². The van der Waals surface area contributed by atoms with Gasteiger partial charge in [-0.15, -0.1) is 0 Å². The smallest absolute Gasteiger partial charge is 0.411 e. The minimum atomic E-state index is -0.881. The van der Waals surface area contributed by atoms with E-state index in [1.54, 1.807) is 47.3 Å². The van der Waals surface area contributed by atoms with Gasteiger partial charge in [0.15, 0.2) is 0 Å². The Labute approximate surface area is 256 Å². The molecule has 0 aromatic carbocycles. The van der Waals surface area contributed by atoms with Crippen LogP contribution in [0.2, 0.25) is 0 Å². The van der Waals surface area contributed by atoms with Gasteiger partial charge >= 0.3 is 6.09 Å². The van der Waals surface area contributed by atoms with Crippen LogP contribution in [-0.4, -0.2) is 98.8 Å². The Hall–Kier alpha value is -4.26. The van der Waals surface area contributed by atoms with E-state index in [1.807, 2.05) is 37.5 Å². The molecule has 44 heavy (non-hydrogen) atoms. The first-order chi connectivity index (χ1) is 21.0. The lowest BCUT2D eigenvalue weighted by molar-refractivity contribution is -0.126. The fraction of sp³-hybridized carbons (Fsp3) is 0.548. The van der Waals surface area contributed by atoms with Gasteiger partial charge in [-0.05, 0) is 71.1 Å². The highest BCUT2D eigenvalue weighted by molar-refractivity contribution is 6.04. The van der Waals surface area contributed by atoms with Crippen molar-refractivity contribution in [2.75, 3.05) is 50.6 Å². The maximum absolute atomic E-state index is 13.7. The lowest BCUT2D eigenvalue weighted by atomic mass is 9.94. The molecule has 0 saturated carbocycles. The number of hydrogen-bond acceptors (Lipinski definition) is 9. The second kappa shape index (κ2) is 11.3. The van der Waals surface area contributed by atoms with Gasteiger partial charge < -0.3 is 29.2 Å². The molecular weight excluding hydrogens is 564 g/mol. The molecule has 1 N–H and O–H groups in total. The summed E-state index contributed by atoms with van der Waals surface area (Å²) in [5, 5.41) is 3.93. The van der Waals surface area contributed by atoms with Crippen molar-refractivity contribution in [3.8, 4) is 0 Å². The molecule has 3 fully saturated rings. The SMILES string of the molecule is CN(C)C(=O)c1cc2cnc(Nc3ccc(N4CCC5(CCCN5C(=O)OC(C)(C)C)C4=O)cn3)nc2n1C1CCCOC1. The Morgan fingerprint density at radius 2 is 1.93 bits per heavy atom. The van der Waals surface area contributed by atoms with Gasteiger partial charge in [-0.25, -0.2) is 14.8 Å². The van der Waals surface area contributed by atoms with E-state index in [4.69, 9.17) is 14.5 Å². The maximum atomic E-state index is 13.7. The minimum absolute atomic E-state index is 0.00675. The molecule has 1 spiro atoms. The first-order valence-electron chi connectivity index (χ1n) is 15.2. The molecular formula is C31H40N8O5. The summed E-state index contributed by atoms with van der Waals surface area (Å²) in [4.78, 5) is 58.4. The van der Waals surface area contributed by atoms with Crippen LogP contribution in [0.25, 0.3) is 11.0 Å². The van der Waals surface area contributed by atoms with E-state index in [0.717, 1.165) is 24.6 Å². The van der Waals surface area contributed by atoms with E-state index in [2.05, 4.69) is 15.3 Å². The number of hydrogen-bond donors (Lipinski definition) is 1. The largest absolute Gasteiger partial charge is 0.444 e. The van der Waals surface area contributed by atoms with Gasteiger partial charge in [0.25, 0.3) is 11.8 Å². The zero-order chi connectivity index (χ0) is 31.2. The molecule has 3 aromatic rings. The number of nitrogens with one attached hydrogen (secondary N) is 1. The first-order valence-corrected chi connectivity index (χ1v) is 15.2. The molecule has 6 rings (SSSR count). The Morgan fingerprint density at radius 1 is 1.11 bits per heavy atom. The lowest BCUT2D eigenvalue weighted by Gasteiger charge is -2.34. The summed E-state index contributed by atoms with van der Waals surface area (Å²) in [5.41, 5.74) is 0.340. The predicted molar refractivity (Wildman–Crippen MR) is 164 cm³/mol. The molecule has 3 amide bonds. The standard InChI is InChI=1S/C31H40N8O5/c1-30(2,3)44-29(42)38-13-7-11-31(38)12-14-37(27(31)41)21-9-10-24(32-18-21)34-28-33-17-20-16-23(26(40)36(4)5)39(25(20)35-28)22-8-6-15-43-19-22/h9-10,16-18,22H,6-8,11-15,19H2,1-5H3,(H,32,33,34,35). The highest BCUT2D eigenvalue weighted by Crippen LogP contribution is 2.41. The molecule has 0 bridgehead atoms. The van der Waals surface area contributed by atoms with E-state index in [9.17, 15) is 14.4 Å². The number of rotatable bonds is 5. The average molecular weight is 605 g/mol. The Morgan fingerprint density at radius 3 is 2.61 bits per heavy atom. The Kier molecular flexibility index (Phi) is 7.68. The second-order valence-corrected chi connectivity index (χ2v) is 12.9. The van der Waals surface area contributed by atoms with E-state index >= 15 is 0 Å². The van der Waals surface area contributed by atoms with Crippen molar-refractivity contribution in [2.45, 2.75) is 70.1 Å². The van der Waals surface area contributed by atoms with Crippen LogP contribution in [0.15, 0.2) is 30.6 Å². The quantitative estimate of drug-likeness (QED) is 0.456. The normalized spacial score (nSPS) is 22.2. The van der Waals surface area contributed by atoms with Crippen molar-refractivity contribution >= 4 is 46.4 Å². The molecule has 234 valence electrons. The van der Waals surface area contributed by atoms with Gasteiger partial charge in [0, 0.05) is 45.4 Å². The van der Waals surface area contributed by atoms with E-state index in [-0.39, 0.29) is 17.9 Å². The number of carbonyl (C=O) groups is 3. The highest BCUT2D eigenvalue weighted by Gasteiger charge is 2.56. The van der Waals surface area contributed by atoms with Gasteiger partial charge in [0.2, 0.25) is 5.95 Å². The Balaban J connectivity index is 1.21. The van der Waals surface area contributed by atoms with Gasteiger partial charge in [0.05, 0.1) is 24.5 Å². The molecule has 2 atom stereocenters. The molecule has 13 nitrogen and oxygen atoms in total. The van der Waals surface area contributed by atoms with Crippen molar-refractivity contribution < 1.29 is 23.9 Å². The van der Waals surface area contributed by atoms with E-state index < -0.39 is 17.2 Å². The number of carbonyl (C=O) groups excluding carboxylic acids is 3. The summed E-state index contributed by atoms with van der Waals surface area (Å²) in [6, 6.07) is 5.42. The number of amides is 3. The topological polar surface area (TPSA) is 135 Å². The molecule has 6 heterocycles. The van der Waals surface area contributed by atoms with Crippen molar-refractivity contribution in [1.82, 2.24) is 29.3 Å². The van der Waals surface area contributed by atoms with Crippen LogP contribution in [0, 0.1) is 0 Å². The van der Waals surface area contributed by atoms with E-state index in [1.165, 1.54) is 0 Å². The van der Waals surface area contributed by atoms with Gasteiger partial charge in [-0.3, -0.25) is 14.5 Å². The van der Waals surface area contributed by atoms with Crippen LogP contribution in [0.4, 0.5) is 22.2 Å². The summed E-state index contributed by atoms with van der Waals surface area (Å²) >= 11 is 0. The fourth-order valence-corrected chi connectivity index (χ4v) is 6.44. The van der Waals surface area contributed by atoms with Gasteiger partial charge in [-0.1, -0.05) is 0 Å². The zero-order valence-electron chi connectivity index (χ0n) is 26.0. The summed E-state index contributed by atoms with van der Waals surface area (Å²) in [6.45, 7) is 7.69. The van der Waals surface area contributed by atoms with Crippen LogP contribution in [0.5, 0.6) is 0 Å². The third kappa shape index (κ3) is 5.44. The summed E-state index contributed by atoms with van der Waals surface area (Å²) < 4.78 is 13.3. The zero-order valence-corrected chi connectivity index (χ0v) is 26.0. The number of ether oxygens (including phenoxy) is 2. The molecule has 3 saturated heterocycles. The van der Waals surface area contributed by atoms with Crippen LogP contribution in [-0.2, 0) is 14.3 Å². The third-order valence-corrected chi connectivity index (χ3v) is 8.50. The number of likely N-dealkylation sites (tertiary alicyclic amines) is 1. The molecule has 3 aromatic heterocycles. The van der Waals surface area contributed by atoms with Gasteiger partial charge in [0.1, 0.15) is 28.3 Å². The first kappa shape index (κ1) is 29.8. The van der Waals surface area contributed by atoms with Crippen LogP contribution in [0.3, 0.4) is 0 Å². The van der Waals surface area contributed by atoms with Crippen molar-refractivity contribution in [3.63, 3.8) is 0 Å². The average Bonchev–Trinajstić information content (AvgIpc) is 3.68. The minimum Gasteiger partial charge on any atom is -0.444 e. The lowest BCUT2D eigenvalue weighted by Crippen LogP contribution is -2.54. The molecule has 3 aliphatic rings. The summed E-state index contributed by atoms with van der Waals surface area (Å²) in [6.07, 6.45) is 6.61. The molecule has 0 radical (unpaired) electrons. The third-order valence-electron chi connectivity index (χ3n) is 8.50. The van der Waals surface area contributed by atoms with Crippen LogP contribution >= 0.6 is 0 Å². The number of anilines is 3. The van der Waals surface area contributed by atoms with Crippen LogP contribution < -0.4 is 10.2 Å². The number of aromatic nitrogens is 4. The van der Waals surface area contributed by atoms with E-state index in [0.29, 0.717) is 67.9 Å². The monoisotopic (exact) mass is 604 g/mol. The summed E-state index contributed by atoms with van der Waals surface area (Å²) in [7, 11) is 3.46. The van der Waals surface area contributed by atoms with Crippen molar-refractivity contribution in [1.29, 1.82) is 0 Å². The Bertz CT molecular complexity index is 1570. The number of nitrogens with zero attached hydrogens (tertiary/aromatic N) is 7. The molecule has 3 aliphatic heterocycles. The second-order valence-electron chi connectivity index (χ2n) is 12.9. The molecule has 2 unspecified atom stereocenters. The van der Waals surface area contributed by atoms with Crippen molar-refractivity contribution in [3.05, 3.63) is 36.3 Å². The highest BCUT2D eigenvalue weighted by atomic mass is 16.6. The fourth-order valence-electron chi connectivity index (χ4n) is 6.44. The molecule has 0 aliphatic carbocycles.